The van der Waals surface area contributed by atoms with Crippen molar-refractivity contribution in [3.63, 3.8) is 0 Å². The summed E-state index contributed by atoms with van der Waals surface area (Å²) in [7, 11) is 0. The molecule has 2 amide bonds. The van der Waals surface area contributed by atoms with E-state index in [1.54, 1.807) is 0 Å². The lowest BCUT2D eigenvalue weighted by molar-refractivity contribution is 0.0910. The topological polar surface area (TPSA) is 100 Å². The summed E-state index contributed by atoms with van der Waals surface area (Å²) in [6.07, 6.45) is 2.49. The van der Waals surface area contributed by atoms with Crippen LogP contribution in [0.15, 0.2) is 12.3 Å². The van der Waals surface area contributed by atoms with Gasteiger partial charge in [0.1, 0.15) is 5.69 Å². The zero-order chi connectivity index (χ0) is 13.1. The van der Waals surface area contributed by atoms with E-state index in [2.05, 4.69) is 22.5 Å². The maximum absolute atomic E-state index is 12.0. The molecule has 0 bridgehead atoms. The average Bonchev–Trinajstić information content (AvgIpc) is 2.81. The molecule has 0 radical (unpaired) electrons. The first-order valence-corrected chi connectivity index (χ1v) is 6.07. The Morgan fingerprint density at radius 1 is 1.47 bits per heavy atom. The van der Waals surface area contributed by atoms with E-state index in [9.17, 15) is 9.59 Å². The van der Waals surface area contributed by atoms with Gasteiger partial charge in [0.15, 0.2) is 0 Å². The Morgan fingerprint density at radius 2 is 2.21 bits per heavy atom. The van der Waals surface area contributed by atoms with Crippen molar-refractivity contribution in [3.05, 3.63) is 23.5 Å². The average molecular weight is 287 g/mol. The van der Waals surface area contributed by atoms with Gasteiger partial charge in [-0.05, 0) is 24.9 Å². The van der Waals surface area contributed by atoms with Gasteiger partial charge in [0.2, 0.25) is 5.91 Å². The van der Waals surface area contributed by atoms with E-state index >= 15 is 0 Å². The molecule has 2 rings (SSSR count). The second kappa shape index (κ2) is 6.58. The van der Waals surface area contributed by atoms with Gasteiger partial charge in [0, 0.05) is 18.8 Å². The first-order chi connectivity index (χ1) is 8.58. The molecule has 1 fully saturated rings. The van der Waals surface area contributed by atoms with Crippen molar-refractivity contribution in [2.45, 2.75) is 19.4 Å². The normalized spacial score (nSPS) is 22.4. The number of carbonyl (C=O) groups excluding carboxylic acids is 2. The van der Waals surface area contributed by atoms with Crippen molar-refractivity contribution in [3.8, 4) is 0 Å². The van der Waals surface area contributed by atoms with Crippen LogP contribution in [0.3, 0.4) is 0 Å². The fraction of sp³-hybridized carbons (Fsp3) is 0.500. The second-order valence-corrected chi connectivity index (χ2v) is 4.72. The third-order valence-corrected chi connectivity index (χ3v) is 3.36. The highest BCUT2D eigenvalue weighted by molar-refractivity contribution is 5.98. The number of piperidine rings is 1. The van der Waals surface area contributed by atoms with Gasteiger partial charge < -0.3 is 21.4 Å². The molecule has 7 heteroatoms. The minimum atomic E-state index is -0.544. The third-order valence-electron chi connectivity index (χ3n) is 3.36. The van der Waals surface area contributed by atoms with Gasteiger partial charge in [-0.25, -0.2) is 0 Å². The molecule has 6 nitrogen and oxygen atoms in total. The summed E-state index contributed by atoms with van der Waals surface area (Å²) in [4.78, 5) is 25.7. The SMILES string of the molecule is CC1CCNCC1NC(=O)c1cc(C(N)=O)c[nH]1.Cl. The Morgan fingerprint density at radius 3 is 2.79 bits per heavy atom. The maximum Gasteiger partial charge on any atom is 0.267 e. The smallest absolute Gasteiger partial charge is 0.267 e. The zero-order valence-corrected chi connectivity index (χ0v) is 11.5. The molecule has 19 heavy (non-hydrogen) atoms. The Balaban J connectivity index is 0.00000180. The number of nitrogens with one attached hydrogen (secondary N) is 3. The number of hydrogen-bond acceptors (Lipinski definition) is 3. The number of amides is 2. The highest BCUT2D eigenvalue weighted by Crippen LogP contribution is 2.12. The molecule has 1 aliphatic rings. The number of hydrogen-bond donors (Lipinski definition) is 4. The number of aromatic amines is 1. The van der Waals surface area contributed by atoms with Gasteiger partial charge in [-0.3, -0.25) is 9.59 Å². The molecule has 0 saturated carbocycles. The number of halogens is 1. The third kappa shape index (κ3) is 3.71. The number of rotatable bonds is 3. The summed E-state index contributed by atoms with van der Waals surface area (Å²) < 4.78 is 0. The number of aromatic nitrogens is 1. The number of primary amides is 1. The molecular formula is C12H19ClN4O2. The molecule has 5 N–H and O–H groups in total. The van der Waals surface area contributed by atoms with E-state index in [0.29, 0.717) is 17.2 Å². The molecule has 1 saturated heterocycles. The molecule has 0 aliphatic carbocycles. The predicted molar refractivity (Wildman–Crippen MR) is 74.5 cm³/mol. The fourth-order valence-electron chi connectivity index (χ4n) is 2.10. The van der Waals surface area contributed by atoms with Crippen molar-refractivity contribution in [1.82, 2.24) is 15.6 Å². The van der Waals surface area contributed by atoms with Gasteiger partial charge in [-0.15, -0.1) is 12.4 Å². The summed E-state index contributed by atoms with van der Waals surface area (Å²) >= 11 is 0. The summed E-state index contributed by atoms with van der Waals surface area (Å²) in [5, 5.41) is 6.20. The molecule has 1 aliphatic heterocycles. The molecule has 2 heterocycles. The molecule has 0 spiro atoms. The highest BCUT2D eigenvalue weighted by Gasteiger charge is 2.23. The molecular weight excluding hydrogens is 268 g/mol. The first kappa shape index (κ1) is 15.5. The number of nitrogens with two attached hydrogens (primary N) is 1. The van der Waals surface area contributed by atoms with Crippen LogP contribution >= 0.6 is 12.4 Å². The minimum absolute atomic E-state index is 0. The molecule has 2 atom stereocenters. The maximum atomic E-state index is 12.0. The molecule has 106 valence electrons. The van der Waals surface area contributed by atoms with Gasteiger partial charge >= 0.3 is 0 Å². The Hall–Kier alpha value is -1.53. The second-order valence-electron chi connectivity index (χ2n) is 4.72. The Kier molecular flexibility index (Phi) is 5.38. The number of H-pyrrole nitrogens is 1. The lowest BCUT2D eigenvalue weighted by Gasteiger charge is -2.30. The van der Waals surface area contributed by atoms with E-state index in [4.69, 9.17) is 5.73 Å². The minimum Gasteiger partial charge on any atom is -0.366 e. The van der Waals surface area contributed by atoms with Crippen LogP contribution in [0.25, 0.3) is 0 Å². The molecule has 1 aromatic rings. The lowest BCUT2D eigenvalue weighted by Crippen LogP contribution is -2.50. The predicted octanol–water partition coefficient (Wildman–Crippen LogP) is 0.263. The summed E-state index contributed by atoms with van der Waals surface area (Å²) in [6, 6.07) is 1.59. The van der Waals surface area contributed by atoms with E-state index in [1.807, 2.05) is 0 Å². The van der Waals surface area contributed by atoms with Crippen LogP contribution in [0.4, 0.5) is 0 Å². The Bertz CT molecular complexity index is 460. The monoisotopic (exact) mass is 286 g/mol. The van der Waals surface area contributed by atoms with E-state index in [1.165, 1.54) is 12.3 Å². The summed E-state index contributed by atoms with van der Waals surface area (Å²) in [5.41, 5.74) is 5.81. The van der Waals surface area contributed by atoms with Crippen molar-refractivity contribution < 1.29 is 9.59 Å². The van der Waals surface area contributed by atoms with Gasteiger partial charge in [0.25, 0.3) is 5.91 Å². The summed E-state index contributed by atoms with van der Waals surface area (Å²) in [6.45, 7) is 3.88. The van der Waals surface area contributed by atoms with Crippen molar-refractivity contribution in [1.29, 1.82) is 0 Å². The van der Waals surface area contributed by atoms with Crippen LogP contribution in [-0.4, -0.2) is 35.9 Å². The first-order valence-electron chi connectivity index (χ1n) is 6.07. The lowest BCUT2D eigenvalue weighted by atomic mass is 9.95. The van der Waals surface area contributed by atoms with Crippen LogP contribution in [0.5, 0.6) is 0 Å². The van der Waals surface area contributed by atoms with Crippen LogP contribution in [0.2, 0.25) is 0 Å². The zero-order valence-electron chi connectivity index (χ0n) is 10.7. The highest BCUT2D eigenvalue weighted by atomic mass is 35.5. The Labute approximate surface area is 117 Å². The number of carbonyl (C=O) groups is 2. The van der Waals surface area contributed by atoms with E-state index in [-0.39, 0.29) is 24.4 Å². The van der Waals surface area contributed by atoms with Crippen LogP contribution < -0.4 is 16.4 Å². The van der Waals surface area contributed by atoms with Crippen molar-refractivity contribution in [2.75, 3.05) is 13.1 Å². The van der Waals surface area contributed by atoms with Crippen LogP contribution in [-0.2, 0) is 0 Å². The quantitative estimate of drug-likeness (QED) is 0.641. The van der Waals surface area contributed by atoms with Crippen LogP contribution in [0.1, 0.15) is 34.2 Å². The van der Waals surface area contributed by atoms with Gasteiger partial charge in [-0.2, -0.15) is 0 Å². The summed E-state index contributed by atoms with van der Waals surface area (Å²) in [5.74, 6) is -0.304. The van der Waals surface area contributed by atoms with Crippen molar-refractivity contribution in [2.24, 2.45) is 11.7 Å². The fourth-order valence-corrected chi connectivity index (χ4v) is 2.10. The standard InChI is InChI=1S/C12H18N4O2.ClH/c1-7-2-3-14-6-10(7)16-12(18)9-4-8(5-15-9)11(13)17;/h4-5,7,10,14-15H,2-3,6H2,1H3,(H2,13,17)(H,16,18);1H. The van der Waals surface area contributed by atoms with E-state index < -0.39 is 5.91 Å². The molecule has 1 aromatic heterocycles. The largest absolute Gasteiger partial charge is 0.366 e. The van der Waals surface area contributed by atoms with Crippen LogP contribution in [0, 0.1) is 5.92 Å². The molecule has 2 unspecified atom stereocenters. The van der Waals surface area contributed by atoms with Gasteiger partial charge in [0.05, 0.1) is 5.56 Å². The molecule has 0 aromatic carbocycles. The van der Waals surface area contributed by atoms with Gasteiger partial charge in [-0.1, -0.05) is 6.92 Å². The van der Waals surface area contributed by atoms with Crippen molar-refractivity contribution >= 4 is 24.2 Å². The van der Waals surface area contributed by atoms with E-state index in [0.717, 1.165) is 19.5 Å².